The molecule has 17 heavy (non-hydrogen) atoms. The largest absolute Gasteiger partial charge is 0.396 e. The third-order valence-corrected chi connectivity index (χ3v) is 3.09. The van der Waals surface area contributed by atoms with Crippen molar-refractivity contribution < 1.29 is 19.7 Å². The molecule has 1 rings (SSSR count). The number of aliphatic hydroxyl groups excluding tert-OH is 2. The second-order valence-corrected chi connectivity index (χ2v) is 4.68. The molecule has 1 aliphatic heterocycles. The van der Waals surface area contributed by atoms with E-state index in [2.05, 4.69) is 0 Å². The van der Waals surface area contributed by atoms with Gasteiger partial charge in [-0.1, -0.05) is 12.8 Å². The second-order valence-electron chi connectivity index (χ2n) is 4.68. The van der Waals surface area contributed by atoms with Crippen LogP contribution in [-0.4, -0.2) is 42.4 Å². The smallest absolute Gasteiger partial charge is 0.157 e. The molecule has 1 heterocycles. The zero-order valence-corrected chi connectivity index (χ0v) is 10.6. The van der Waals surface area contributed by atoms with E-state index in [1.165, 1.54) is 6.42 Å². The van der Waals surface area contributed by atoms with E-state index in [9.17, 15) is 5.11 Å². The van der Waals surface area contributed by atoms with Gasteiger partial charge < -0.3 is 19.7 Å². The molecular weight excluding hydrogens is 220 g/mol. The normalized spacial score (nSPS) is 22.6. The molecule has 4 nitrogen and oxygen atoms in total. The van der Waals surface area contributed by atoms with Crippen LogP contribution in [0.2, 0.25) is 0 Å². The summed E-state index contributed by atoms with van der Waals surface area (Å²) in [5, 5.41) is 18.0. The van der Waals surface area contributed by atoms with Gasteiger partial charge in [0.25, 0.3) is 0 Å². The average Bonchev–Trinajstić information content (AvgIpc) is 2.35. The maximum Gasteiger partial charge on any atom is 0.157 e. The third-order valence-electron chi connectivity index (χ3n) is 3.09. The molecule has 0 amide bonds. The Labute approximate surface area is 104 Å². The Hall–Kier alpha value is -0.160. The van der Waals surface area contributed by atoms with Crippen LogP contribution in [0, 0.1) is 0 Å². The first-order chi connectivity index (χ1) is 8.33. The third kappa shape index (κ3) is 7.71. The summed E-state index contributed by atoms with van der Waals surface area (Å²) in [7, 11) is 0. The van der Waals surface area contributed by atoms with Gasteiger partial charge in [-0.05, 0) is 38.5 Å². The molecule has 0 aromatic rings. The van der Waals surface area contributed by atoms with E-state index in [1.807, 2.05) is 0 Å². The molecular formula is C13H26O4. The van der Waals surface area contributed by atoms with Crippen molar-refractivity contribution >= 4 is 0 Å². The number of unbranched alkanes of at least 4 members (excludes halogenated alkanes) is 2. The molecule has 0 aromatic heterocycles. The van der Waals surface area contributed by atoms with Gasteiger partial charge in [-0.15, -0.1) is 0 Å². The molecule has 2 atom stereocenters. The molecule has 2 N–H and O–H groups in total. The highest BCUT2D eigenvalue weighted by Gasteiger charge is 2.13. The number of aliphatic hydroxyl groups is 2. The first kappa shape index (κ1) is 14.9. The van der Waals surface area contributed by atoms with E-state index in [4.69, 9.17) is 14.6 Å². The molecule has 1 unspecified atom stereocenters. The highest BCUT2D eigenvalue weighted by atomic mass is 16.7. The molecule has 0 radical (unpaired) electrons. The van der Waals surface area contributed by atoms with Crippen LogP contribution in [0.15, 0.2) is 0 Å². The van der Waals surface area contributed by atoms with Crippen LogP contribution in [0.25, 0.3) is 0 Å². The van der Waals surface area contributed by atoms with Gasteiger partial charge in [0, 0.05) is 19.8 Å². The van der Waals surface area contributed by atoms with Gasteiger partial charge in [-0.25, -0.2) is 0 Å². The van der Waals surface area contributed by atoms with Crippen molar-refractivity contribution in [3.8, 4) is 0 Å². The van der Waals surface area contributed by atoms with E-state index in [-0.39, 0.29) is 19.0 Å². The van der Waals surface area contributed by atoms with Gasteiger partial charge in [0.2, 0.25) is 0 Å². The molecule has 0 bridgehead atoms. The van der Waals surface area contributed by atoms with Crippen molar-refractivity contribution in [2.45, 2.75) is 63.8 Å². The maximum absolute atomic E-state index is 9.40. The number of ether oxygens (including phenoxy) is 2. The zero-order chi connectivity index (χ0) is 12.3. The first-order valence-electron chi connectivity index (χ1n) is 6.85. The predicted molar refractivity (Wildman–Crippen MR) is 65.7 cm³/mol. The molecule has 0 aromatic carbocycles. The molecule has 4 heteroatoms. The zero-order valence-electron chi connectivity index (χ0n) is 10.6. The van der Waals surface area contributed by atoms with Crippen molar-refractivity contribution in [3.05, 3.63) is 0 Å². The molecule has 0 spiro atoms. The summed E-state index contributed by atoms with van der Waals surface area (Å²) in [4.78, 5) is 0. The first-order valence-corrected chi connectivity index (χ1v) is 6.85. The Bertz CT molecular complexity index is 169. The summed E-state index contributed by atoms with van der Waals surface area (Å²) in [5.74, 6) is 0. The fourth-order valence-electron chi connectivity index (χ4n) is 2.01. The van der Waals surface area contributed by atoms with Crippen LogP contribution in [-0.2, 0) is 9.47 Å². The van der Waals surface area contributed by atoms with Crippen molar-refractivity contribution in [1.82, 2.24) is 0 Å². The molecule has 1 aliphatic rings. The fourth-order valence-corrected chi connectivity index (χ4v) is 2.01. The SMILES string of the molecule is OCC[C@@H](O)CCCCCOC1CCCCO1. The van der Waals surface area contributed by atoms with E-state index in [0.29, 0.717) is 6.42 Å². The lowest BCUT2D eigenvalue weighted by molar-refractivity contribution is -0.162. The lowest BCUT2D eigenvalue weighted by Gasteiger charge is -2.22. The Balaban J connectivity index is 1.83. The maximum atomic E-state index is 9.40. The summed E-state index contributed by atoms with van der Waals surface area (Å²) < 4.78 is 11.1. The van der Waals surface area contributed by atoms with Gasteiger partial charge in [0.1, 0.15) is 0 Å². The number of hydrogen-bond donors (Lipinski definition) is 2. The minimum atomic E-state index is -0.345. The molecule has 1 fully saturated rings. The second kappa shape index (κ2) is 9.83. The topological polar surface area (TPSA) is 58.9 Å². The summed E-state index contributed by atoms with van der Waals surface area (Å²) >= 11 is 0. The lowest BCUT2D eigenvalue weighted by Crippen LogP contribution is -2.22. The number of hydrogen-bond acceptors (Lipinski definition) is 4. The summed E-state index contributed by atoms with van der Waals surface area (Å²) in [5.41, 5.74) is 0. The Kier molecular flexibility index (Phi) is 8.61. The molecule has 1 saturated heterocycles. The van der Waals surface area contributed by atoms with Crippen LogP contribution in [0.3, 0.4) is 0 Å². The van der Waals surface area contributed by atoms with Crippen molar-refractivity contribution in [2.24, 2.45) is 0 Å². The highest BCUT2D eigenvalue weighted by molar-refractivity contribution is 4.56. The van der Waals surface area contributed by atoms with E-state index in [0.717, 1.165) is 51.7 Å². The van der Waals surface area contributed by atoms with Gasteiger partial charge in [0.15, 0.2) is 6.29 Å². The number of rotatable bonds is 9. The van der Waals surface area contributed by atoms with Crippen molar-refractivity contribution in [3.63, 3.8) is 0 Å². The summed E-state index contributed by atoms with van der Waals surface area (Å²) in [6.07, 6.45) is 7.41. The quantitative estimate of drug-likeness (QED) is 0.609. The Morgan fingerprint density at radius 2 is 2.06 bits per heavy atom. The van der Waals surface area contributed by atoms with Crippen molar-refractivity contribution in [2.75, 3.05) is 19.8 Å². The highest BCUT2D eigenvalue weighted by Crippen LogP contribution is 2.14. The predicted octanol–water partition coefficient (Wildman–Crippen LogP) is 1.83. The minimum Gasteiger partial charge on any atom is -0.396 e. The summed E-state index contributed by atoms with van der Waals surface area (Å²) in [6, 6.07) is 0. The van der Waals surface area contributed by atoms with Gasteiger partial charge in [-0.2, -0.15) is 0 Å². The minimum absolute atomic E-state index is 0.0173. The van der Waals surface area contributed by atoms with Crippen LogP contribution in [0.5, 0.6) is 0 Å². The lowest BCUT2D eigenvalue weighted by atomic mass is 10.1. The molecule has 0 aliphatic carbocycles. The molecule has 102 valence electrons. The van der Waals surface area contributed by atoms with Crippen LogP contribution in [0.1, 0.15) is 51.4 Å². The van der Waals surface area contributed by atoms with E-state index < -0.39 is 0 Å². The van der Waals surface area contributed by atoms with Gasteiger partial charge in [-0.3, -0.25) is 0 Å². The van der Waals surface area contributed by atoms with Crippen molar-refractivity contribution in [1.29, 1.82) is 0 Å². The standard InChI is InChI=1S/C13H26O4/c14-9-8-12(15)6-2-1-4-10-16-13-7-3-5-11-17-13/h12-15H,1-11H2/t12-,13?/m0/s1. The Morgan fingerprint density at radius 3 is 2.76 bits per heavy atom. The van der Waals surface area contributed by atoms with Gasteiger partial charge >= 0.3 is 0 Å². The summed E-state index contributed by atoms with van der Waals surface area (Å²) in [6.45, 7) is 1.65. The van der Waals surface area contributed by atoms with E-state index in [1.54, 1.807) is 0 Å². The van der Waals surface area contributed by atoms with E-state index >= 15 is 0 Å². The average molecular weight is 246 g/mol. The van der Waals surface area contributed by atoms with Crippen LogP contribution >= 0.6 is 0 Å². The molecule has 0 saturated carbocycles. The van der Waals surface area contributed by atoms with Gasteiger partial charge in [0.05, 0.1) is 6.10 Å². The van der Waals surface area contributed by atoms with Crippen LogP contribution < -0.4 is 0 Å². The Morgan fingerprint density at radius 1 is 1.18 bits per heavy atom. The monoisotopic (exact) mass is 246 g/mol. The van der Waals surface area contributed by atoms with Crippen LogP contribution in [0.4, 0.5) is 0 Å². The fraction of sp³-hybridized carbons (Fsp3) is 1.00.